The summed E-state index contributed by atoms with van der Waals surface area (Å²) in [5.74, 6) is 0.604. The number of aryl methyl sites for hydroxylation is 3. The topological polar surface area (TPSA) is 55.4 Å². The zero-order valence-corrected chi connectivity index (χ0v) is 16.5. The first-order valence-corrected chi connectivity index (χ1v) is 9.66. The third-order valence-electron chi connectivity index (χ3n) is 5.31. The minimum atomic E-state index is -0.210. The molecule has 142 valence electrons. The van der Waals surface area contributed by atoms with Gasteiger partial charge in [-0.1, -0.05) is 45.0 Å². The number of para-hydroxylation sites is 1. The lowest BCUT2D eigenvalue weighted by molar-refractivity contribution is -0.118. The van der Waals surface area contributed by atoms with Crippen LogP contribution in [0.3, 0.4) is 0 Å². The average Bonchev–Trinajstić information content (AvgIpc) is 2.96. The van der Waals surface area contributed by atoms with Crippen LogP contribution in [-0.2, 0) is 17.6 Å². The number of ketones is 1. The molecule has 3 rings (SSSR count). The molecule has 1 unspecified atom stereocenters. The summed E-state index contributed by atoms with van der Waals surface area (Å²) in [6.45, 7) is 8.10. The van der Waals surface area contributed by atoms with Gasteiger partial charge in [-0.15, -0.1) is 0 Å². The molecule has 4 nitrogen and oxygen atoms in total. The number of anilines is 1. The molecule has 1 amide bonds. The van der Waals surface area contributed by atoms with Crippen LogP contribution in [0.1, 0.15) is 65.7 Å². The highest BCUT2D eigenvalue weighted by Crippen LogP contribution is 2.40. The molecule has 2 aromatic carbocycles. The number of carbonyl (C=O) groups is 2. The molecule has 2 aromatic rings. The maximum absolute atomic E-state index is 12.5. The van der Waals surface area contributed by atoms with Gasteiger partial charge in [-0.05, 0) is 54.0 Å². The molecule has 1 aliphatic carbocycles. The minimum absolute atomic E-state index is 0.0983. The Kier molecular flexibility index (Phi) is 5.64. The number of carbonyl (C=O) groups excluding carboxylic acids is 2. The van der Waals surface area contributed by atoms with Crippen molar-refractivity contribution in [1.29, 1.82) is 0 Å². The van der Waals surface area contributed by atoms with Crippen LogP contribution in [0.5, 0.6) is 5.75 Å². The maximum Gasteiger partial charge on any atom is 0.262 e. The summed E-state index contributed by atoms with van der Waals surface area (Å²) in [6, 6.07) is 9.84. The van der Waals surface area contributed by atoms with Gasteiger partial charge in [0.1, 0.15) is 5.75 Å². The first kappa shape index (κ1) is 19.2. The number of nitrogens with one attached hydrogen (secondary N) is 1. The van der Waals surface area contributed by atoms with Gasteiger partial charge in [-0.3, -0.25) is 9.59 Å². The molecule has 0 bridgehead atoms. The normalized spacial score (nSPS) is 15.6. The van der Waals surface area contributed by atoms with E-state index in [1.54, 1.807) is 6.07 Å². The Balaban J connectivity index is 1.76. The molecule has 1 atom stereocenters. The Hall–Kier alpha value is -2.62. The van der Waals surface area contributed by atoms with Gasteiger partial charge in [0.05, 0.1) is 5.56 Å². The van der Waals surface area contributed by atoms with E-state index in [9.17, 15) is 9.59 Å². The second-order valence-electron chi connectivity index (χ2n) is 7.19. The van der Waals surface area contributed by atoms with Crippen molar-refractivity contribution < 1.29 is 14.3 Å². The number of amides is 1. The van der Waals surface area contributed by atoms with E-state index in [-0.39, 0.29) is 24.2 Å². The summed E-state index contributed by atoms with van der Waals surface area (Å²) < 4.78 is 5.77. The molecule has 0 aliphatic heterocycles. The predicted octanol–water partition coefficient (Wildman–Crippen LogP) is 4.83. The third kappa shape index (κ3) is 3.75. The molecule has 1 aliphatic rings. The SMILES string of the molecule is CCc1cccc(CC)c1NC(=O)COc1ccc(C)c2c1C(=O)CC2C. The lowest BCUT2D eigenvalue weighted by Crippen LogP contribution is -2.22. The fraction of sp³-hybridized carbons (Fsp3) is 0.391. The second kappa shape index (κ2) is 7.95. The number of benzene rings is 2. The lowest BCUT2D eigenvalue weighted by Gasteiger charge is -2.16. The van der Waals surface area contributed by atoms with Crippen LogP contribution in [-0.4, -0.2) is 18.3 Å². The van der Waals surface area contributed by atoms with Gasteiger partial charge in [0.2, 0.25) is 0 Å². The van der Waals surface area contributed by atoms with Crippen molar-refractivity contribution in [3.63, 3.8) is 0 Å². The quantitative estimate of drug-likeness (QED) is 0.798. The Morgan fingerprint density at radius 1 is 1.15 bits per heavy atom. The van der Waals surface area contributed by atoms with E-state index in [2.05, 4.69) is 26.1 Å². The highest BCUT2D eigenvalue weighted by molar-refractivity contribution is 6.04. The van der Waals surface area contributed by atoms with Crippen molar-refractivity contribution in [1.82, 2.24) is 0 Å². The monoisotopic (exact) mass is 365 g/mol. The van der Waals surface area contributed by atoms with Crippen molar-refractivity contribution in [3.05, 3.63) is 58.1 Å². The molecule has 0 saturated heterocycles. The van der Waals surface area contributed by atoms with E-state index in [1.807, 2.05) is 31.2 Å². The zero-order valence-electron chi connectivity index (χ0n) is 16.5. The minimum Gasteiger partial charge on any atom is -0.483 e. The molecule has 4 heteroatoms. The van der Waals surface area contributed by atoms with Gasteiger partial charge in [0, 0.05) is 12.1 Å². The van der Waals surface area contributed by atoms with Gasteiger partial charge in [0.15, 0.2) is 12.4 Å². The van der Waals surface area contributed by atoms with Crippen molar-refractivity contribution in [3.8, 4) is 5.75 Å². The second-order valence-corrected chi connectivity index (χ2v) is 7.19. The van der Waals surface area contributed by atoms with Crippen LogP contribution in [0.25, 0.3) is 0 Å². The van der Waals surface area contributed by atoms with Crippen LogP contribution in [0.15, 0.2) is 30.3 Å². The zero-order chi connectivity index (χ0) is 19.6. The van der Waals surface area contributed by atoms with Gasteiger partial charge in [-0.2, -0.15) is 0 Å². The Bertz CT molecular complexity index is 863. The third-order valence-corrected chi connectivity index (χ3v) is 5.31. The molecule has 0 radical (unpaired) electrons. The first-order chi connectivity index (χ1) is 13.0. The van der Waals surface area contributed by atoms with Gasteiger partial charge in [-0.25, -0.2) is 0 Å². The number of Topliss-reactive ketones (excluding diaryl/α,β-unsaturated/α-hetero) is 1. The molecule has 0 heterocycles. The molecule has 0 aromatic heterocycles. The summed E-state index contributed by atoms with van der Waals surface area (Å²) in [6.07, 6.45) is 2.21. The first-order valence-electron chi connectivity index (χ1n) is 9.66. The summed E-state index contributed by atoms with van der Waals surface area (Å²) in [5.41, 5.74) is 5.92. The summed E-state index contributed by atoms with van der Waals surface area (Å²) in [5, 5.41) is 3.00. The van der Waals surface area contributed by atoms with Crippen molar-refractivity contribution in [2.45, 2.75) is 52.9 Å². The van der Waals surface area contributed by atoms with Gasteiger partial charge in [0.25, 0.3) is 5.91 Å². The van der Waals surface area contributed by atoms with E-state index in [0.29, 0.717) is 17.7 Å². The number of hydrogen-bond donors (Lipinski definition) is 1. The molecular weight excluding hydrogens is 338 g/mol. The van der Waals surface area contributed by atoms with Crippen LogP contribution < -0.4 is 10.1 Å². The van der Waals surface area contributed by atoms with Crippen LogP contribution in [0.2, 0.25) is 0 Å². The summed E-state index contributed by atoms with van der Waals surface area (Å²) in [7, 11) is 0. The molecule has 0 spiro atoms. The smallest absolute Gasteiger partial charge is 0.262 e. The average molecular weight is 365 g/mol. The Morgan fingerprint density at radius 3 is 2.44 bits per heavy atom. The van der Waals surface area contributed by atoms with Crippen molar-refractivity contribution in [2.75, 3.05) is 11.9 Å². The van der Waals surface area contributed by atoms with Crippen LogP contribution in [0.4, 0.5) is 5.69 Å². The van der Waals surface area contributed by atoms with E-state index in [1.165, 1.54) is 0 Å². The number of hydrogen-bond acceptors (Lipinski definition) is 3. The fourth-order valence-corrected chi connectivity index (χ4v) is 3.95. The molecule has 0 fully saturated rings. The largest absolute Gasteiger partial charge is 0.483 e. The lowest BCUT2D eigenvalue weighted by atomic mass is 9.97. The molecular formula is C23H27NO3. The highest BCUT2D eigenvalue weighted by Gasteiger charge is 2.31. The van der Waals surface area contributed by atoms with E-state index in [0.717, 1.165) is 40.8 Å². The predicted molar refractivity (Wildman–Crippen MR) is 108 cm³/mol. The fourth-order valence-electron chi connectivity index (χ4n) is 3.95. The number of fused-ring (bicyclic) bond motifs is 1. The Morgan fingerprint density at radius 2 is 1.81 bits per heavy atom. The van der Waals surface area contributed by atoms with Gasteiger partial charge < -0.3 is 10.1 Å². The van der Waals surface area contributed by atoms with E-state index >= 15 is 0 Å². The number of rotatable bonds is 6. The van der Waals surface area contributed by atoms with E-state index < -0.39 is 0 Å². The Labute approximate surface area is 160 Å². The van der Waals surface area contributed by atoms with Crippen LogP contribution in [0, 0.1) is 6.92 Å². The number of ether oxygens (including phenoxy) is 1. The maximum atomic E-state index is 12.5. The van der Waals surface area contributed by atoms with Crippen molar-refractivity contribution in [2.24, 2.45) is 0 Å². The summed E-state index contributed by atoms with van der Waals surface area (Å²) >= 11 is 0. The van der Waals surface area contributed by atoms with E-state index in [4.69, 9.17) is 4.74 Å². The molecule has 1 N–H and O–H groups in total. The molecule has 27 heavy (non-hydrogen) atoms. The van der Waals surface area contributed by atoms with Gasteiger partial charge >= 0.3 is 0 Å². The summed E-state index contributed by atoms with van der Waals surface area (Å²) in [4.78, 5) is 24.9. The molecule has 0 saturated carbocycles. The van der Waals surface area contributed by atoms with Crippen LogP contribution >= 0.6 is 0 Å². The standard InChI is InChI=1S/C23H27NO3/c1-5-16-8-7-9-17(6-2)23(16)24-20(26)13-27-19-11-10-14(3)21-15(4)12-18(25)22(19)21/h7-11,15H,5-6,12-13H2,1-4H3,(H,24,26). The van der Waals surface area contributed by atoms with Crippen molar-refractivity contribution >= 4 is 17.4 Å². The highest BCUT2D eigenvalue weighted by atomic mass is 16.5.